The van der Waals surface area contributed by atoms with E-state index in [0.29, 0.717) is 24.5 Å². The van der Waals surface area contributed by atoms with Crippen molar-refractivity contribution in [2.75, 3.05) is 34.0 Å². The SMILES string of the molecule is COc1ccc(CCC(=O)OCC(=O)NC[C@H]2CCCO2)cc1OC. The van der Waals surface area contributed by atoms with Gasteiger partial charge in [0.1, 0.15) is 0 Å². The second-order valence-corrected chi connectivity index (χ2v) is 5.79. The third kappa shape index (κ3) is 6.26. The molecule has 0 aromatic heterocycles. The van der Waals surface area contributed by atoms with Crippen molar-refractivity contribution < 1.29 is 28.5 Å². The molecular weight excluding hydrogens is 326 g/mol. The topological polar surface area (TPSA) is 83.1 Å². The quantitative estimate of drug-likeness (QED) is 0.679. The Labute approximate surface area is 147 Å². The molecule has 0 spiro atoms. The van der Waals surface area contributed by atoms with Crippen LogP contribution < -0.4 is 14.8 Å². The monoisotopic (exact) mass is 351 g/mol. The molecule has 7 nitrogen and oxygen atoms in total. The minimum absolute atomic E-state index is 0.0738. The third-order valence-corrected chi connectivity index (χ3v) is 3.98. The molecule has 0 saturated carbocycles. The van der Waals surface area contributed by atoms with Crippen LogP contribution in [0.2, 0.25) is 0 Å². The van der Waals surface area contributed by atoms with Gasteiger partial charge in [-0.15, -0.1) is 0 Å². The summed E-state index contributed by atoms with van der Waals surface area (Å²) in [5, 5.41) is 2.71. The largest absolute Gasteiger partial charge is 0.493 e. The summed E-state index contributed by atoms with van der Waals surface area (Å²) >= 11 is 0. The zero-order valence-electron chi connectivity index (χ0n) is 14.7. The van der Waals surface area contributed by atoms with Crippen LogP contribution in [0.4, 0.5) is 0 Å². The fraction of sp³-hybridized carbons (Fsp3) is 0.556. The van der Waals surface area contributed by atoms with Gasteiger partial charge in [-0.25, -0.2) is 0 Å². The molecule has 1 fully saturated rings. The summed E-state index contributed by atoms with van der Waals surface area (Å²) in [4.78, 5) is 23.4. The van der Waals surface area contributed by atoms with Gasteiger partial charge < -0.3 is 24.3 Å². The van der Waals surface area contributed by atoms with Crippen LogP contribution in [0.15, 0.2) is 18.2 Å². The third-order valence-electron chi connectivity index (χ3n) is 3.98. The van der Waals surface area contributed by atoms with Crippen LogP contribution in [0.5, 0.6) is 11.5 Å². The number of nitrogens with one attached hydrogen (secondary N) is 1. The summed E-state index contributed by atoms with van der Waals surface area (Å²) < 4.78 is 20.8. The van der Waals surface area contributed by atoms with Gasteiger partial charge in [-0.2, -0.15) is 0 Å². The van der Waals surface area contributed by atoms with Crippen molar-refractivity contribution in [3.8, 4) is 11.5 Å². The number of carbonyl (C=O) groups excluding carboxylic acids is 2. The van der Waals surface area contributed by atoms with E-state index in [-0.39, 0.29) is 25.0 Å². The van der Waals surface area contributed by atoms with E-state index in [0.717, 1.165) is 25.0 Å². The molecule has 1 aromatic rings. The van der Waals surface area contributed by atoms with Gasteiger partial charge in [-0.05, 0) is 37.0 Å². The van der Waals surface area contributed by atoms with E-state index in [1.807, 2.05) is 12.1 Å². The Hall–Kier alpha value is -2.28. The molecule has 1 N–H and O–H groups in total. The van der Waals surface area contributed by atoms with Gasteiger partial charge in [0, 0.05) is 19.6 Å². The fourth-order valence-corrected chi connectivity index (χ4v) is 2.58. The summed E-state index contributed by atoms with van der Waals surface area (Å²) in [6.45, 7) is 0.936. The van der Waals surface area contributed by atoms with Crippen molar-refractivity contribution in [2.24, 2.45) is 0 Å². The molecule has 2 rings (SSSR count). The average molecular weight is 351 g/mol. The van der Waals surface area contributed by atoms with Gasteiger partial charge in [0.25, 0.3) is 5.91 Å². The van der Waals surface area contributed by atoms with Crippen molar-refractivity contribution >= 4 is 11.9 Å². The lowest BCUT2D eigenvalue weighted by molar-refractivity contribution is -0.148. The number of hydrogen-bond acceptors (Lipinski definition) is 6. The first kappa shape index (κ1) is 19.1. The van der Waals surface area contributed by atoms with Crippen LogP contribution in [0.3, 0.4) is 0 Å². The normalized spacial score (nSPS) is 16.3. The second kappa shape index (κ2) is 9.88. The Morgan fingerprint density at radius 1 is 1.24 bits per heavy atom. The van der Waals surface area contributed by atoms with Crippen molar-refractivity contribution in [1.82, 2.24) is 5.32 Å². The molecule has 1 heterocycles. The van der Waals surface area contributed by atoms with E-state index in [1.165, 1.54) is 0 Å². The summed E-state index contributed by atoms with van der Waals surface area (Å²) in [5.74, 6) is 0.524. The van der Waals surface area contributed by atoms with E-state index < -0.39 is 5.97 Å². The Kier molecular flexibility index (Phi) is 7.53. The number of carbonyl (C=O) groups is 2. The minimum atomic E-state index is -0.415. The summed E-state index contributed by atoms with van der Waals surface area (Å²) in [7, 11) is 3.13. The number of hydrogen-bond donors (Lipinski definition) is 1. The van der Waals surface area contributed by atoms with E-state index >= 15 is 0 Å². The fourth-order valence-electron chi connectivity index (χ4n) is 2.58. The molecule has 25 heavy (non-hydrogen) atoms. The van der Waals surface area contributed by atoms with E-state index in [4.69, 9.17) is 18.9 Å². The molecule has 1 aromatic carbocycles. The van der Waals surface area contributed by atoms with Crippen LogP contribution in [0, 0.1) is 0 Å². The predicted octanol–water partition coefficient (Wildman–Crippen LogP) is 1.47. The van der Waals surface area contributed by atoms with Gasteiger partial charge in [-0.3, -0.25) is 9.59 Å². The molecule has 7 heteroatoms. The first-order valence-corrected chi connectivity index (χ1v) is 8.37. The molecule has 0 bridgehead atoms. The molecule has 0 radical (unpaired) electrons. The summed E-state index contributed by atoms with van der Waals surface area (Å²) in [6, 6.07) is 5.47. The Balaban J connectivity index is 1.67. The van der Waals surface area contributed by atoms with Crippen LogP contribution in [0.25, 0.3) is 0 Å². The lowest BCUT2D eigenvalue weighted by Crippen LogP contribution is -2.34. The van der Waals surface area contributed by atoms with Crippen LogP contribution in [0.1, 0.15) is 24.8 Å². The number of aryl methyl sites for hydroxylation is 1. The first-order chi connectivity index (χ1) is 12.1. The molecule has 1 saturated heterocycles. The number of ether oxygens (including phenoxy) is 4. The molecule has 138 valence electrons. The lowest BCUT2D eigenvalue weighted by Gasteiger charge is -2.11. The highest BCUT2D eigenvalue weighted by atomic mass is 16.5. The molecule has 1 aliphatic rings. The maximum Gasteiger partial charge on any atom is 0.306 e. The Morgan fingerprint density at radius 3 is 2.72 bits per heavy atom. The van der Waals surface area contributed by atoms with Crippen LogP contribution in [-0.2, 0) is 25.5 Å². The highest BCUT2D eigenvalue weighted by molar-refractivity contribution is 5.80. The maximum absolute atomic E-state index is 11.8. The lowest BCUT2D eigenvalue weighted by atomic mass is 10.1. The molecular formula is C18H25NO6. The van der Waals surface area contributed by atoms with Crippen LogP contribution in [-0.4, -0.2) is 52.0 Å². The van der Waals surface area contributed by atoms with Crippen molar-refractivity contribution in [3.05, 3.63) is 23.8 Å². The minimum Gasteiger partial charge on any atom is -0.493 e. The zero-order chi connectivity index (χ0) is 18.1. The number of benzene rings is 1. The number of methoxy groups -OCH3 is 2. The molecule has 0 aliphatic carbocycles. The number of amides is 1. The van der Waals surface area contributed by atoms with Gasteiger partial charge in [-0.1, -0.05) is 6.07 Å². The summed E-state index contributed by atoms with van der Waals surface area (Å²) in [5.41, 5.74) is 0.928. The molecule has 1 amide bonds. The number of rotatable bonds is 9. The van der Waals surface area contributed by atoms with E-state index in [9.17, 15) is 9.59 Å². The summed E-state index contributed by atoms with van der Waals surface area (Å²) in [6.07, 6.45) is 2.73. The first-order valence-electron chi connectivity index (χ1n) is 8.37. The van der Waals surface area contributed by atoms with E-state index in [1.54, 1.807) is 20.3 Å². The Bertz CT molecular complexity index is 583. The second-order valence-electron chi connectivity index (χ2n) is 5.79. The van der Waals surface area contributed by atoms with Crippen LogP contribution >= 0.6 is 0 Å². The highest BCUT2D eigenvalue weighted by Crippen LogP contribution is 2.27. The van der Waals surface area contributed by atoms with Gasteiger partial charge >= 0.3 is 5.97 Å². The van der Waals surface area contributed by atoms with Gasteiger partial charge in [0.2, 0.25) is 0 Å². The standard InChI is InChI=1S/C18H25NO6/c1-22-15-7-5-13(10-16(15)23-2)6-8-18(21)25-12-17(20)19-11-14-4-3-9-24-14/h5,7,10,14H,3-4,6,8-9,11-12H2,1-2H3,(H,19,20)/t14-/m1/s1. The van der Waals surface area contributed by atoms with E-state index in [2.05, 4.69) is 5.32 Å². The van der Waals surface area contributed by atoms with Crippen molar-refractivity contribution in [1.29, 1.82) is 0 Å². The number of esters is 1. The van der Waals surface area contributed by atoms with Gasteiger partial charge in [0.05, 0.1) is 20.3 Å². The van der Waals surface area contributed by atoms with Gasteiger partial charge in [0.15, 0.2) is 18.1 Å². The maximum atomic E-state index is 11.8. The smallest absolute Gasteiger partial charge is 0.306 e. The molecule has 1 aliphatic heterocycles. The Morgan fingerprint density at radius 2 is 2.04 bits per heavy atom. The van der Waals surface area contributed by atoms with Crippen molar-refractivity contribution in [3.63, 3.8) is 0 Å². The highest BCUT2D eigenvalue weighted by Gasteiger charge is 2.16. The predicted molar refractivity (Wildman–Crippen MR) is 90.8 cm³/mol. The molecule has 1 atom stereocenters. The average Bonchev–Trinajstić information content (AvgIpc) is 3.16. The molecule has 0 unspecified atom stereocenters. The zero-order valence-corrected chi connectivity index (χ0v) is 14.7. The van der Waals surface area contributed by atoms with Crippen molar-refractivity contribution in [2.45, 2.75) is 31.8 Å².